The Hall–Kier alpha value is -1.52. The zero-order chi connectivity index (χ0) is 12.4. The van der Waals surface area contributed by atoms with Crippen LogP contribution in [0.4, 0.5) is 5.82 Å². The van der Waals surface area contributed by atoms with Crippen LogP contribution < -0.4 is 14.4 Å². The van der Waals surface area contributed by atoms with Gasteiger partial charge in [-0.1, -0.05) is 19.3 Å². The van der Waals surface area contributed by atoms with Crippen molar-refractivity contribution < 1.29 is 9.47 Å². The molecule has 18 heavy (non-hydrogen) atoms. The lowest BCUT2D eigenvalue weighted by Crippen LogP contribution is -2.34. The molecule has 1 aliphatic heterocycles. The third-order valence-electron chi connectivity index (χ3n) is 3.78. The number of hydrogen-bond donors (Lipinski definition) is 0. The second-order valence-corrected chi connectivity index (χ2v) is 4.97. The molecule has 0 aromatic carbocycles. The van der Waals surface area contributed by atoms with Crippen molar-refractivity contribution in [2.75, 3.05) is 25.2 Å². The molecule has 5 nitrogen and oxygen atoms in total. The second-order valence-electron chi connectivity index (χ2n) is 4.97. The summed E-state index contributed by atoms with van der Waals surface area (Å²) in [4.78, 5) is 2.23. The minimum atomic E-state index is 0.516. The van der Waals surface area contributed by atoms with Gasteiger partial charge in [0.15, 0.2) is 11.6 Å². The normalized spacial score (nSPS) is 19.6. The van der Waals surface area contributed by atoms with Gasteiger partial charge in [0.25, 0.3) is 5.88 Å². The van der Waals surface area contributed by atoms with Crippen molar-refractivity contribution in [3.63, 3.8) is 0 Å². The van der Waals surface area contributed by atoms with Gasteiger partial charge < -0.3 is 14.4 Å². The lowest BCUT2D eigenvalue weighted by Gasteiger charge is -2.32. The zero-order valence-corrected chi connectivity index (χ0v) is 10.8. The minimum absolute atomic E-state index is 0.516. The van der Waals surface area contributed by atoms with Crippen molar-refractivity contribution in [3.8, 4) is 11.6 Å². The molecule has 98 valence electrons. The quantitative estimate of drug-likeness (QED) is 0.802. The molecule has 2 aliphatic rings. The van der Waals surface area contributed by atoms with E-state index in [4.69, 9.17) is 9.47 Å². The summed E-state index contributed by atoms with van der Waals surface area (Å²) >= 11 is 0. The highest BCUT2D eigenvalue weighted by Gasteiger charge is 2.22. The minimum Gasteiger partial charge on any atom is -0.484 e. The molecule has 1 aliphatic carbocycles. The molecular weight excluding hydrogens is 230 g/mol. The lowest BCUT2D eigenvalue weighted by atomic mass is 9.94. The van der Waals surface area contributed by atoms with E-state index in [9.17, 15) is 0 Å². The summed E-state index contributed by atoms with van der Waals surface area (Å²) in [7, 11) is 2.09. The van der Waals surface area contributed by atoms with Crippen molar-refractivity contribution >= 4 is 5.82 Å². The molecule has 0 radical (unpaired) electrons. The Morgan fingerprint density at radius 2 is 1.89 bits per heavy atom. The van der Waals surface area contributed by atoms with Crippen LogP contribution in [0.5, 0.6) is 11.6 Å². The van der Waals surface area contributed by atoms with E-state index in [0.29, 0.717) is 30.9 Å². The molecule has 0 spiro atoms. The first-order chi connectivity index (χ1) is 8.84. The highest BCUT2D eigenvalue weighted by atomic mass is 16.6. The number of aromatic nitrogens is 2. The van der Waals surface area contributed by atoms with Gasteiger partial charge in [0.1, 0.15) is 13.2 Å². The van der Waals surface area contributed by atoms with Gasteiger partial charge in [0.05, 0.1) is 0 Å². The van der Waals surface area contributed by atoms with E-state index in [1.807, 2.05) is 6.07 Å². The Morgan fingerprint density at radius 1 is 1.11 bits per heavy atom. The largest absolute Gasteiger partial charge is 0.484 e. The number of nitrogens with zero attached hydrogens (tertiary/aromatic N) is 3. The van der Waals surface area contributed by atoms with Crippen LogP contribution in [-0.4, -0.2) is 36.5 Å². The molecule has 3 rings (SSSR count). The van der Waals surface area contributed by atoms with Crippen LogP contribution in [0.15, 0.2) is 6.07 Å². The summed E-state index contributed by atoms with van der Waals surface area (Å²) in [6.07, 6.45) is 6.47. The molecule has 0 atom stereocenters. The van der Waals surface area contributed by atoms with Gasteiger partial charge in [-0.15, -0.1) is 10.2 Å². The fourth-order valence-corrected chi connectivity index (χ4v) is 2.67. The molecule has 5 heteroatoms. The van der Waals surface area contributed by atoms with Crippen LogP contribution in [0.25, 0.3) is 0 Å². The maximum Gasteiger partial charge on any atom is 0.276 e. The number of anilines is 1. The maximum absolute atomic E-state index is 5.55. The molecule has 0 saturated heterocycles. The van der Waals surface area contributed by atoms with Crippen LogP contribution in [0.3, 0.4) is 0 Å². The van der Waals surface area contributed by atoms with Crippen LogP contribution in [0.1, 0.15) is 32.1 Å². The first-order valence-corrected chi connectivity index (χ1v) is 6.71. The van der Waals surface area contributed by atoms with E-state index in [1.54, 1.807) is 0 Å². The summed E-state index contributed by atoms with van der Waals surface area (Å²) in [6.45, 7) is 1.14. The molecule has 2 heterocycles. The predicted molar refractivity (Wildman–Crippen MR) is 68.3 cm³/mol. The topological polar surface area (TPSA) is 47.5 Å². The third kappa shape index (κ3) is 2.21. The van der Waals surface area contributed by atoms with Gasteiger partial charge in [0, 0.05) is 19.2 Å². The zero-order valence-electron chi connectivity index (χ0n) is 10.8. The Morgan fingerprint density at radius 3 is 2.72 bits per heavy atom. The molecule has 1 aromatic heterocycles. The maximum atomic E-state index is 5.55. The summed E-state index contributed by atoms with van der Waals surface area (Å²) in [6, 6.07) is 2.52. The van der Waals surface area contributed by atoms with E-state index in [-0.39, 0.29) is 0 Å². The number of ether oxygens (including phenoxy) is 2. The SMILES string of the molecule is CN(c1cc2c(nn1)OCCO2)C1CCCCC1. The second kappa shape index (κ2) is 5.00. The lowest BCUT2D eigenvalue weighted by molar-refractivity contribution is 0.162. The Kier molecular flexibility index (Phi) is 3.21. The van der Waals surface area contributed by atoms with Crippen LogP contribution in [0, 0.1) is 0 Å². The molecule has 0 bridgehead atoms. The summed E-state index contributed by atoms with van der Waals surface area (Å²) < 4.78 is 10.9. The van der Waals surface area contributed by atoms with Crippen molar-refractivity contribution in [1.29, 1.82) is 0 Å². The Balaban J connectivity index is 1.78. The molecule has 1 saturated carbocycles. The number of hydrogen-bond acceptors (Lipinski definition) is 5. The van der Waals surface area contributed by atoms with Gasteiger partial charge in [-0.05, 0) is 12.8 Å². The Labute approximate surface area is 107 Å². The molecule has 0 N–H and O–H groups in total. The van der Waals surface area contributed by atoms with Gasteiger partial charge >= 0.3 is 0 Å². The highest BCUT2D eigenvalue weighted by Crippen LogP contribution is 2.31. The van der Waals surface area contributed by atoms with Crippen molar-refractivity contribution in [2.45, 2.75) is 38.1 Å². The van der Waals surface area contributed by atoms with E-state index in [0.717, 1.165) is 5.82 Å². The van der Waals surface area contributed by atoms with E-state index in [2.05, 4.69) is 22.1 Å². The van der Waals surface area contributed by atoms with Gasteiger partial charge in [-0.3, -0.25) is 0 Å². The van der Waals surface area contributed by atoms with Crippen molar-refractivity contribution in [2.24, 2.45) is 0 Å². The summed E-state index contributed by atoms with van der Waals surface area (Å²) in [5, 5.41) is 8.33. The third-order valence-corrected chi connectivity index (χ3v) is 3.78. The fraction of sp³-hybridized carbons (Fsp3) is 0.692. The average molecular weight is 249 g/mol. The monoisotopic (exact) mass is 249 g/mol. The van der Waals surface area contributed by atoms with E-state index < -0.39 is 0 Å². The predicted octanol–water partition coefficient (Wildman–Crippen LogP) is 2.02. The Bertz CT molecular complexity index is 419. The molecular formula is C13H19N3O2. The molecule has 0 amide bonds. The van der Waals surface area contributed by atoms with Crippen LogP contribution in [0.2, 0.25) is 0 Å². The average Bonchev–Trinajstić information content (AvgIpc) is 2.47. The van der Waals surface area contributed by atoms with Gasteiger partial charge in [0.2, 0.25) is 0 Å². The summed E-state index contributed by atoms with van der Waals surface area (Å²) in [5.41, 5.74) is 0. The van der Waals surface area contributed by atoms with Crippen molar-refractivity contribution in [1.82, 2.24) is 10.2 Å². The molecule has 0 unspecified atom stereocenters. The van der Waals surface area contributed by atoms with Gasteiger partial charge in [-0.25, -0.2) is 0 Å². The highest BCUT2D eigenvalue weighted by molar-refractivity contribution is 5.47. The first kappa shape index (κ1) is 11.6. The fourth-order valence-electron chi connectivity index (χ4n) is 2.67. The van der Waals surface area contributed by atoms with Crippen LogP contribution in [-0.2, 0) is 0 Å². The summed E-state index contributed by atoms with van der Waals surface area (Å²) in [5.74, 6) is 2.11. The molecule has 1 aromatic rings. The number of rotatable bonds is 2. The smallest absolute Gasteiger partial charge is 0.276 e. The molecule has 1 fully saturated rings. The van der Waals surface area contributed by atoms with E-state index in [1.165, 1.54) is 32.1 Å². The van der Waals surface area contributed by atoms with Crippen LogP contribution >= 0.6 is 0 Å². The standard InChI is InChI=1S/C13H19N3O2/c1-16(10-5-3-2-4-6-10)12-9-11-13(15-14-12)18-8-7-17-11/h9-10H,2-8H2,1H3. The van der Waals surface area contributed by atoms with E-state index >= 15 is 0 Å². The first-order valence-electron chi connectivity index (χ1n) is 6.71. The van der Waals surface area contributed by atoms with Crippen molar-refractivity contribution in [3.05, 3.63) is 6.07 Å². The number of fused-ring (bicyclic) bond motifs is 1. The van der Waals surface area contributed by atoms with Gasteiger partial charge in [-0.2, -0.15) is 0 Å².